The van der Waals surface area contributed by atoms with Crippen LogP contribution in [0.2, 0.25) is 0 Å². The van der Waals surface area contributed by atoms with Gasteiger partial charge in [0.2, 0.25) is 0 Å². The number of nitrogens with zero attached hydrogens (tertiary/aromatic N) is 1. The summed E-state index contributed by atoms with van der Waals surface area (Å²) in [4.78, 5) is 1.54. The average molecular weight is 292 g/mol. The Morgan fingerprint density at radius 1 is 0.955 bits per heavy atom. The number of hydrazone groups is 1. The van der Waals surface area contributed by atoms with Gasteiger partial charge in [-0.1, -0.05) is 60.7 Å². The maximum Gasteiger partial charge on any atom is 0.0977 e. The Labute approximate surface area is 132 Å². The molecule has 0 radical (unpaired) electrons. The predicted molar refractivity (Wildman–Crippen MR) is 91.0 cm³/mol. The third-order valence-electron chi connectivity index (χ3n) is 3.92. The summed E-state index contributed by atoms with van der Waals surface area (Å²) in [6.45, 7) is 2.21. The van der Waals surface area contributed by atoms with Gasteiger partial charge in [-0.05, 0) is 6.08 Å². The molecule has 3 rings (SSSR count). The zero-order valence-corrected chi connectivity index (χ0v) is 12.9. The van der Waals surface area contributed by atoms with Crippen molar-refractivity contribution in [3.8, 4) is 0 Å². The molecule has 1 aliphatic heterocycles. The first-order valence-electron chi connectivity index (χ1n) is 7.78. The zero-order valence-electron chi connectivity index (χ0n) is 12.9. The molecule has 1 atom stereocenters. The summed E-state index contributed by atoms with van der Waals surface area (Å²) in [6.07, 6.45) is 3.29. The molecule has 1 aliphatic rings. The van der Waals surface area contributed by atoms with E-state index in [1.165, 1.54) is 5.70 Å². The van der Waals surface area contributed by atoms with E-state index in [9.17, 15) is 0 Å². The fourth-order valence-corrected chi connectivity index (χ4v) is 2.57. The zero-order chi connectivity index (χ0) is 15.2. The van der Waals surface area contributed by atoms with Gasteiger partial charge in [-0.2, -0.15) is 5.10 Å². The Bertz CT molecular complexity index is 618. The molecule has 1 heterocycles. The minimum Gasteiger partial charge on any atom is -0.334 e. The van der Waals surface area contributed by atoms with Crippen molar-refractivity contribution in [2.24, 2.45) is 5.10 Å². The van der Waals surface area contributed by atoms with Crippen LogP contribution in [0.25, 0.3) is 0 Å². The Kier molecular flexibility index (Phi) is 4.66. The van der Waals surface area contributed by atoms with Gasteiger partial charge in [-0.3, -0.25) is 5.43 Å². The fourth-order valence-electron chi connectivity index (χ4n) is 2.57. The van der Waals surface area contributed by atoms with Crippen molar-refractivity contribution in [1.29, 1.82) is 0 Å². The quantitative estimate of drug-likeness (QED) is 0.653. The summed E-state index contributed by atoms with van der Waals surface area (Å²) in [5.74, 6) is 0. The summed E-state index contributed by atoms with van der Waals surface area (Å²) in [5, 5.41) is 4.70. The van der Waals surface area contributed by atoms with Gasteiger partial charge in [0, 0.05) is 23.2 Å². The smallest absolute Gasteiger partial charge is 0.0977 e. The monoisotopic (exact) mass is 292 g/mol. The van der Waals surface area contributed by atoms with E-state index in [1.807, 2.05) is 36.4 Å². The molecule has 2 aromatic carbocycles. The summed E-state index contributed by atoms with van der Waals surface area (Å²) >= 11 is 0. The van der Waals surface area contributed by atoms with E-state index < -0.39 is 0 Å². The van der Waals surface area contributed by atoms with Crippen molar-refractivity contribution in [1.82, 2.24) is 5.43 Å². The van der Waals surface area contributed by atoms with E-state index >= 15 is 0 Å². The highest BCUT2D eigenvalue weighted by atomic mass is 15.3. The molecule has 22 heavy (non-hydrogen) atoms. The molecule has 2 N–H and O–H groups in total. The standard InChI is InChI=1S/C19H21N3/c1-22-14-12-18(13-15-22)20-21-19(16-8-4-2-5-9-16)17-10-6-3-7-11-17/h2-12,20H,13-15H2,1H3/p+1. The first-order valence-corrected chi connectivity index (χ1v) is 7.78. The summed E-state index contributed by atoms with van der Waals surface area (Å²) in [5.41, 5.74) is 7.72. The second-order valence-corrected chi connectivity index (χ2v) is 5.69. The first kappa shape index (κ1) is 14.5. The van der Waals surface area contributed by atoms with Crippen molar-refractivity contribution >= 4 is 5.71 Å². The van der Waals surface area contributed by atoms with Gasteiger partial charge in [0.05, 0.1) is 25.8 Å². The number of rotatable bonds is 4. The molecule has 3 heteroatoms. The molecule has 0 aliphatic carbocycles. The molecule has 3 nitrogen and oxygen atoms in total. The van der Waals surface area contributed by atoms with Gasteiger partial charge in [-0.15, -0.1) is 0 Å². The highest BCUT2D eigenvalue weighted by Crippen LogP contribution is 2.11. The molecule has 0 spiro atoms. The van der Waals surface area contributed by atoms with Crippen molar-refractivity contribution < 1.29 is 4.90 Å². The Morgan fingerprint density at radius 2 is 1.55 bits per heavy atom. The number of benzene rings is 2. The minimum absolute atomic E-state index is 0.980. The van der Waals surface area contributed by atoms with Crippen LogP contribution >= 0.6 is 0 Å². The molecule has 1 unspecified atom stereocenters. The number of hydrogen-bond donors (Lipinski definition) is 2. The lowest BCUT2D eigenvalue weighted by Crippen LogP contribution is -3.09. The molecule has 0 amide bonds. The lowest BCUT2D eigenvalue weighted by atomic mass is 10.0. The van der Waals surface area contributed by atoms with Crippen molar-refractivity contribution in [3.05, 3.63) is 83.6 Å². The van der Waals surface area contributed by atoms with Gasteiger partial charge < -0.3 is 4.90 Å². The summed E-state index contributed by atoms with van der Waals surface area (Å²) in [7, 11) is 2.22. The molecular formula is C19H22N3+. The van der Waals surface area contributed by atoms with Gasteiger partial charge in [0.1, 0.15) is 0 Å². The van der Waals surface area contributed by atoms with Gasteiger partial charge >= 0.3 is 0 Å². The molecule has 0 saturated carbocycles. The van der Waals surface area contributed by atoms with Gasteiger partial charge in [-0.25, -0.2) is 0 Å². The third kappa shape index (κ3) is 3.62. The van der Waals surface area contributed by atoms with Crippen LogP contribution in [0.3, 0.4) is 0 Å². The Morgan fingerprint density at radius 3 is 2.05 bits per heavy atom. The van der Waals surface area contributed by atoms with E-state index in [2.05, 4.69) is 42.8 Å². The fraction of sp³-hybridized carbons (Fsp3) is 0.211. The van der Waals surface area contributed by atoms with Crippen LogP contribution in [0, 0.1) is 0 Å². The minimum atomic E-state index is 0.980. The van der Waals surface area contributed by atoms with E-state index in [1.54, 1.807) is 4.90 Å². The SMILES string of the molecule is C[NH+]1CC=C(NN=C(c2ccccc2)c2ccccc2)CC1. The van der Waals surface area contributed by atoms with Crippen LogP contribution in [0.15, 0.2) is 77.5 Å². The van der Waals surface area contributed by atoms with Crippen LogP contribution in [-0.2, 0) is 0 Å². The maximum absolute atomic E-state index is 4.70. The van der Waals surface area contributed by atoms with E-state index in [0.29, 0.717) is 0 Å². The normalized spacial score (nSPS) is 17.5. The Balaban J connectivity index is 1.87. The second kappa shape index (κ2) is 7.05. The molecule has 0 aromatic heterocycles. The Hall–Kier alpha value is -2.39. The van der Waals surface area contributed by atoms with Crippen LogP contribution in [0.5, 0.6) is 0 Å². The highest BCUT2D eigenvalue weighted by Gasteiger charge is 2.11. The summed E-state index contributed by atoms with van der Waals surface area (Å²) < 4.78 is 0. The van der Waals surface area contributed by atoms with Crippen molar-refractivity contribution in [3.63, 3.8) is 0 Å². The topological polar surface area (TPSA) is 28.8 Å². The number of likely N-dealkylation sites (N-methyl/N-ethyl adjacent to an activating group) is 1. The van der Waals surface area contributed by atoms with Gasteiger partial charge in [0.25, 0.3) is 0 Å². The maximum atomic E-state index is 4.70. The number of quaternary nitrogens is 1. The van der Waals surface area contributed by atoms with Crippen LogP contribution < -0.4 is 10.3 Å². The predicted octanol–water partition coefficient (Wildman–Crippen LogP) is 1.83. The number of nitrogens with one attached hydrogen (secondary N) is 2. The van der Waals surface area contributed by atoms with Gasteiger partial charge in [0.15, 0.2) is 0 Å². The van der Waals surface area contributed by atoms with Crippen LogP contribution in [0.4, 0.5) is 0 Å². The molecule has 2 aromatic rings. The average Bonchev–Trinajstić information content (AvgIpc) is 2.59. The molecule has 0 fully saturated rings. The summed E-state index contributed by atoms with van der Waals surface area (Å²) in [6, 6.07) is 20.6. The van der Waals surface area contributed by atoms with Crippen molar-refractivity contribution in [2.75, 3.05) is 20.1 Å². The van der Waals surface area contributed by atoms with E-state index in [-0.39, 0.29) is 0 Å². The molecule has 112 valence electrons. The van der Waals surface area contributed by atoms with E-state index in [4.69, 9.17) is 5.10 Å². The largest absolute Gasteiger partial charge is 0.334 e. The highest BCUT2D eigenvalue weighted by molar-refractivity contribution is 6.12. The molecule has 0 bridgehead atoms. The third-order valence-corrected chi connectivity index (χ3v) is 3.92. The molecular weight excluding hydrogens is 270 g/mol. The number of hydrogen-bond acceptors (Lipinski definition) is 2. The van der Waals surface area contributed by atoms with Crippen molar-refractivity contribution in [2.45, 2.75) is 6.42 Å². The molecule has 0 saturated heterocycles. The second-order valence-electron chi connectivity index (χ2n) is 5.69. The lowest BCUT2D eigenvalue weighted by molar-refractivity contribution is -0.875. The van der Waals surface area contributed by atoms with E-state index in [0.717, 1.165) is 36.3 Å². The van der Waals surface area contributed by atoms with Crippen LogP contribution in [0.1, 0.15) is 17.5 Å². The van der Waals surface area contributed by atoms with Crippen LogP contribution in [-0.4, -0.2) is 25.8 Å². The first-order chi connectivity index (χ1) is 10.8. The lowest BCUT2D eigenvalue weighted by Gasteiger charge is -2.19.